The highest BCUT2D eigenvalue weighted by Gasteiger charge is 2.30. The predicted molar refractivity (Wildman–Crippen MR) is 75.6 cm³/mol. The van der Waals surface area contributed by atoms with E-state index in [1.54, 1.807) is 6.92 Å². The van der Waals surface area contributed by atoms with Crippen molar-refractivity contribution in [2.24, 2.45) is 11.8 Å². The Labute approximate surface area is 120 Å². The van der Waals surface area contributed by atoms with Crippen molar-refractivity contribution in [1.82, 2.24) is 10.2 Å². The van der Waals surface area contributed by atoms with Crippen molar-refractivity contribution in [2.75, 3.05) is 26.2 Å². The number of amides is 1. The highest BCUT2D eigenvalue weighted by atomic mass is 16.5. The molecule has 2 unspecified atom stereocenters. The van der Waals surface area contributed by atoms with Crippen molar-refractivity contribution in [3.63, 3.8) is 0 Å². The lowest BCUT2D eigenvalue weighted by Crippen LogP contribution is -2.52. The molecule has 0 aromatic heterocycles. The number of carboxylic acids is 1. The van der Waals surface area contributed by atoms with Gasteiger partial charge in [-0.1, -0.05) is 13.8 Å². The summed E-state index contributed by atoms with van der Waals surface area (Å²) in [5, 5.41) is 11.7. The molecule has 2 N–H and O–H groups in total. The Hall–Kier alpha value is -1.30. The van der Waals surface area contributed by atoms with Gasteiger partial charge in [0.1, 0.15) is 0 Å². The van der Waals surface area contributed by atoms with Crippen LogP contribution in [0.2, 0.25) is 0 Å². The number of rotatable bonds is 6. The second-order valence-corrected chi connectivity index (χ2v) is 5.70. The molecule has 1 fully saturated rings. The van der Waals surface area contributed by atoms with Gasteiger partial charge >= 0.3 is 12.1 Å². The van der Waals surface area contributed by atoms with Gasteiger partial charge in [0.05, 0.1) is 13.0 Å². The molecule has 6 heteroatoms. The van der Waals surface area contributed by atoms with E-state index >= 15 is 0 Å². The number of carboxylic acid groups (broad SMARTS) is 1. The molecule has 0 aromatic carbocycles. The highest BCUT2D eigenvalue weighted by Crippen LogP contribution is 2.24. The summed E-state index contributed by atoms with van der Waals surface area (Å²) in [7, 11) is 0. The van der Waals surface area contributed by atoms with Crippen LogP contribution in [0.3, 0.4) is 0 Å². The van der Waals surface area contributed by atoms with Crippen LogP contribution in [0.5, 0.6) is 0 Å². The first-order chi connectivity index (χ1) is 9.42. The fourth-order valence-corrected chi connectivity index (χ4v) is 2.60. The Morgan fingerprint density at radius 3 is 2.65 bits per heavy atom. The number of hydrogen-bond donors (Lipinski definition) is 2. The SMILES string of the molecule is CCOC(=O)NC1CC(C(C)C)CN(CCC(=O)O)C1. The van der Waals surface area contributed by atoms with E-state index in [0.29, 0.717) is 31.5 Å². The molecule has 1 saturated heterocycles. The summed E-state index contributed by atoms with van der Waals surface area (Å²) in [6.07, 6.45) is 0.664. The number of piperidine rings is 1. The molecule has 1 aliphatic heterocycles. The third kappa shape index (κ3) is 5.77. The summed E-state index contributed by atoms with van der Waals surface area (Å²) in [6.45, 7) is 8.56. The topological polar surface area (TPSA) is 78.9 Å². The van der Waals surface area contributed by atoms with Crippen LogP contribution in [0.4, 0.5) is 4.79 Å². The molecule has 0 aromatic rings. The lowest BCUT2D eigenvalue weighted by molar-refractivity contribution is -0.137. The number of hydrogen-bond acceptors (Lipinski definition) is 4. The highest BCUT2D eigenvalue weighted by molar-refractivity contribution is 5.67. The van der Waals surface area contributed by atoms with Crippen molar-refractivity contribution in [2.45, 2.75) is 39.7 Å². The molecule has 1 amide bonds. The smallest absolute Gasteiger partial charge is 0.407 e. The molecule has 116 valence electrons. The number of nitrogens with one attached hydrogen (secondary N) is 1. The van der Waals surface area contributed by atoms with Crippen LogP contribution >= 0.6 is 0 Å². The number of aliphatic carboxylic acids is 1. The molecule has 0 spiro atoms. The third-order valence-electron chi connectivity index (χ3n) is 3.74. The van der Waals surface area contributed by atoms with Gasteiger partial charge in [0, 0.05) is 25.7 Å². The van der Waals surface area contributed by atoms with Crippen molar-refractivity contribution >= 4 is 12.1 Å². The first-order valence-corrected chi connectivity index (χ1v) is 7.29. The van der Waals surface area contributed by atoms with Crippen molar-refractivity contribution in [3.8, 4) is 0 Å². The Balaban J connectivity index is 2.55. The van der Waals surface area contributed by atoms with Gasteiger partial charge in [0.2, 0.25) is 0 Å². The molecule has 2 atom stereocenters. The van der Waals surface area contributed by atoms with Gasteiger partial charge in [0.25, 0.3) is 0 Å². The number of nitrogens with zero attached hydrogens (tertiary/aromatic N) is 1. The van der Waals surface area contributed by atoms with Gasteiger partial charge in [-0.3, -0.25) is 4.79 Å². The maximum Gasteiger partial charge on any atom is 0.407 e. The average molecular weight is 286 g/mol. The minimum absolute atomic E-state index is 0.0315. The minimum atomic E-state index is -0.786. The third-order valence-corrected chi connectivity index (χ3v) is 3.74. The van der Waals surface area contributed by atoms with E-state index < -0.39 is 5.97 Å². The summed E-state index contributed by atoms with van der Waals surface area (Å²) in [4.78, 5) is 24.3. The van der Waals surface area contributed by atoms with E-state index in [4.69, 9.17) is 9.84 Å². The average Bonchev–Trinajstić information content (AvgIpc) is 2.36. The lowest BCUT2D eigenvalue weighted by Gasteiger charge is -2.39. The van der Waals surface area contributed by atoms with Crippen LogP contribution in [0, 0.1) is 11.8 Å². The molecule has 0 aliphatic carbocycles. The largest absolute Gasteiger partial charge is 0.481 e. The lowest BCUT2D eigenvalue weighted by atomic mass is 9.85. The first-order valence-electron chi connectivity index (χ1n) is 7.29. The maximum absolute atomic E-state index is 11.5. The molecule has 20 heavy (non-hydrogen) atoms. The van der Waals surface area contributed by atoms with E-state index in [9.17, 15) is 9.59 Å². The summed E-state index contributed by atoms with van der Waals surface area (Å²) >= 11 is 0. The number of carbonyl (C=O) groups excluding carboxylic acids is 1. The van der Waals surface area contributed by atoms with Crippen molar-refractivity contribution in [3.05, 3.63) is 0 Å². The number of ether oxygens (including phenoxy) is 1. The van der Waals surface area contributed by atoms with E-state index in [1.807, 2.05) is 0 Å². The zero-order valence-corrected chi connectivity index (χ0v) is 12.6. The zero-order chi connectivity index (χ0) is 15.1. The standard InChI is InChI=1S/C14H26N2O4/c1-4-20-14(19)15-12-7-11(10(2)3)8-16(9-12)6-5-13(17)18/h10-12H,4-9H2,1-3H3,(H,15,19)(H,17,18). The van der Waals surface area contributed by atoms with Crippen molar-refractivity contribution < 1.29 is 19.4 Å². The van der Waals surface area contributed by atoms with E-state index in [2.05, 4.69) is 24.1 Å². The molecule has 1 heterocycles. The van der Waals surface area contributed by atoms with Crippen LogP contribution in [-0.2, 0) is 9.53 Å². The second-order valence-electron chi connectivity index (χ2n) is 5.70. The molecule has 0 saturated carbocycles. The second kappa shape index (κ2) is 8.09. The molecule has 0 bridgehead atoms. The van der Waals surface area contributed by atoms with Gasteiger partial charge < -0.3 is 20.1 Å². The summed E-state index contributed by atoms with van der Waals surface area (Å²) in [6, 6.07) is 0.0315. The Morgan fingerprint density at radius 1 is 1.40 bits per heavy atom. The monoisotopic (exact) mass is 286 g/mol. The fraction of sp³-hybridized carbons (Fsp3) is 0.857. The quantitative estimate of drug-likeness (QED) is 0.774. The van der Waals surface area contributed by atoms with Crippen LogP contribution in [0.15, 0.2) is 0 Å². The normalized spacial score (nSPS) is 23.6. The molecule has 1 rings (SSSR count). The Kier molecular flexibility index (Phi) is 6.78. The van der Waals surface area contributed by atoms with E-state index in [-0.39, 0.29) is 18.6 Å². The molecular weight excluding hydrogens is 260 g/mol. The summed E-state index contributed by atoms with van der Waals surface area (Å²) in [5.41, 5.74) is 0. The minimum Gasteiger partial charge on any atom is -0.481 e. The van der Waals surface area contributed by atoms with Gasteiger partial charge in [-0.2, -0.15) is 0 Å². The van der Waals surface area contributed by atoms with Crippen LogP contribution in [0.1, 0.15) is 33.6 Å². The van der Waals surface area contributed by atoms with Crippen LogP contribution < -0.4 is 5.32 Å². The number of carbonyl (C=O) groups is 2. The van der Waals surface area contributed by atoms with E-state index in [1.165, 1.54) is 0 Å². The molecular formula is C14H26N2O4. The summed E-state index contributed by atoms with van der Waals surface area (Å²) in [5.74, 6) is 0.185. The fourth-order valence-electron chi connectivity index (χ4n) is 2.60. The van der Waals surface area contributed by atoms with Gasteiger partial charge in [-0.25, -0.2) is 4.79 Å². The van der Waals surface area contributed by atoms with E-state index in [0.717, 1.165) is 13.0 Å². The van der Waals surface area contributed by atoms with Gasteiger partial charge in [-0.15, -0.1) is 0 Å². The predicted octanol–water partition coefficient (Wildman–Crippen LogP) is 1.55. The number of likely N-dealkylation sites (tertiary alicyclic amines) is 1. The van der Waals surface area contributed by atoms with Gasteiger partial charge in [0.15, 0.2) is 0 Å². The zero-order valence-electron chi connectivity index (χ0n) is 12.6. The van der Waals surface area contributed by atoms with Gasteiger partial charge in [-0.05, 0) is 25.2 Å². The maximum atomic E-state index is 11.5. The molecule has 6 nitrogen and oxygen atoms in total. The van der Waals surface area contributed by atoms with Crippen LogP contribution in [0.25, 0.3) is 0 Å². The first kappa shape index (κ1) is 16.8. The Morgan fingerprint density at radius 2 is 2.10 bits per heavy atom. The molecule has 0 radical (unpaired) electrons. The summed E-state index contributed by atoms with van der Waals surface area (Å²) < 4.78 is 4.91. The molecule has 1 aliphatic rings. The van der Waals surface area contributed by atoms with Crippen molar-refractivity contribution in [1.29, 1.82) is 0 Å². The van der Waals surface area contributed by atoms with Crippen LogP contribution in [-0.4, -0.2) is 54.4 Å². The Bertz CT molecular complexity index is 333. The number of alkyl carbamates (subject to hydrolysis) is 1.